The van der Waals surface area contributed by atoms with Gasteiger partial charge in [-0.2, -0.15) is 0 Å². The number of hydrogen-bond acceptors (Lipinski definition) is 5. The van der Waals surface area contributed by atoms with Gasteiger partial charge >= 0.3 is 0 Å². The summed E-state index contributed by atoms with van der Waals surface area (Å²) in [5.74, 6) is -0.255. The summed E-state index contributed by atoms with van der Waals surface area (Å²) in [5, 5.41) is -0.131. The molecule has 1 saturated heterocycles. The van der Waals surface area contributed by atoms with Crippen molar-refractivity contribution in [2.45, 2.75) is 25.7 Å². The molecule has 4 rings (SSSR count). The molecule has 1 fully saturated rings. The Hall–Kier alpha value is -3.23. The molecular formula is C25H27N3O4S. The molecule has 8 heteroatoms. The zero-order chi connectivity index (χ0) is 23.4. The zero-order valence-electron chi connectivity index (χ0n) is 18.8. The number of rotatable bonds is 5. The summed E-state index contributed by atoms with van der Waals surface area (Å²) >= 11 is 5.26. The van der Waals surface area contributed by atoms with Crippen molar-refractivity contribution in [1.82, 2.24) is 0 Å². The maximum absolute atomic E-state index is 13.4. The lowest BCUT2D eigenvalue weighted by Gasteiger charge is -2.33. The van der Waals surface area contributed by atoms with E-state index in [1.54, 1.807) is 24.3 Å². The van der Waals surface area contributed by atoms with Gasteiger partial charge < -0.3 is 27.0 Å². The minimum atomic E-state index is -0.648. The van der Waals surface area contributed by atoms with Gasteiger partial charge in [0.05, 0.1) is 33.0 Å². The molecule has 2 aromatic carbocycles. The number of amidine groups is 1. The normalized spacial score (nSPS) is 18.8. The Morgan fingerprint density at radius 2 is 1.67 bits per heavy atom. The minimum absolute atomic E-state index is 0.0525. The largest absolute Gasteiger partial charge is 0.742 e. The van der Waals surface area contributed by atoms with Crippen LogP contribution in [0.2, 0.25) is 0 Å². The van der Waals surface area contributed by atoms with E-state index >= 15 is 0 Å². The third-order valence-electron chi connectivity index (χ3n) is 6.02. The highest BCUT2D eigenvalue weighted by Crippen LogP contribution is 2.35. The number of anilines is 1. The van der Waals surface area contributed by atoms with Gasteiger partial charge in [0.2, 0.25) is 0 Å². The van der Waals surface area contributed by atoms with Gasteiger partial charge in [-0.3, -0.25) is 14.5 Å². The highest BCUT2D eigenvalue weighted by molar-refractivity contribution is 7.78. The van der Waals surface area contributed by atoms with Crippen LogP contribution < -0.4 is 19.3 Å². The zero-order valence-corrected chi connectivity index (χ0v) is 19.6. The fourth-order valence-electron chi connectivity index (χ4n) is 4.23. The first-order valence-corrected chi connectivity index (χ1v) is 11.5. The standard InChI is InChI=1S/C25H27N3O4S/c1-31-19-11-12-22(32-2)21(16-19)28-24(30)20(23(29)26-25(28)33)15-17-7-9-18(10-8-17)27-13-5-3-4-6-14-27/h7-12,15-16H,3-6,13-14H2,1-2H3,(H,26,29,33). The summed E-state index contributed by atoms with van der Waals surface area (Å²) in [4.78, 5) is 32.6. The van der Waals surface area contributed by atoms with Gasteiger partial charge in [0.1, 0.15) is 22.8 Å². The average Bonchev–Trinajstić information content (AvgIpc) is 3.11. The molecule has 0 aromatic heterocycles. The van der Waals surface area contributed by atoms with Crippen LogP contribution in [0.3, 0.4) is 0 Å². The van der Waals surface area contributed by atoms with E-state index in [0.29, 0.717) is 17.2 Å². The monoisotopic (exact) mass is 465 g/mol. The number of aliphatic imine (C=N–C) groups is 1. The van der Waals surface area contributed by atoms with Crippen molar-refractivity contribution in [3.05, 3.63) is 53.6 Å². The average molecular weight is 466 g/mol. The van der Waals surface area contributed by atoms with E-state index < -0.39 is 11.8 Å². The molecule has 33 heavy (non-hydrogen) atoms. The molecule has 7 nitrogen and oxygen atoms in total. The number of carbonyl (C=O) groups excluding carboxylic acids is 2. The van der Waals surface area contributed by atoms with Crippen LogP contribution >= 0.6 is 0 Å². The molecule has 1 N–H and O–H groups in total. The van der Waals surface area contributed by atoms with Crippen LogP contribution in [0.4, 0.5) is 11.4 Å². The fourth-order valence-corrected chi connectivity index (χ4v) is 4.49. The highest BCUT2D eigenvalue weighted by Gasteiger charge is 2.31. The Bertz CT molecular complexity index is 1100. The summed E-state index contributed by atoms with van der Waals surface area (Å²) in [7, 11) is 3.02. The van der Waals surface area contributed by atoms with Crippen molar-refractivity contribution in [3.63, 3.8) is 0 Å². The van der Waals surface area contributed by atoms with E-state index in [1.165, 1.54) is 55.4 Å². The van der Waals surface area contributed by atoms with Crippen molar-refractivity contribution >= 4 is 47.1 Å². The first kappa shape index (κ1) is 22.9. The van der Waals surface area contributed by atoms with Crippen molar-refractivity contribution < 1.29 is 24.0 Å². The number of methoxy groups -OCH3 is 2. The third-order valence-corrected chi connectivity index (χ3v) is 6.29. The topological polar surface area (TPSA) is 72.6 Å². The van der Waals surface area contributed by atoms with Gasteiger partial charge in [0.15, 0.2) is 0 Å². The molecule has 0 unspecified atom stereocenters. The highest BCUT2D eigenvalue weighted by atomic mass is 32.1. The van der Waals surface area contributed by atoms with E-state index in [2.05, 4.69) is 17.1 Å². The van der Waals surface area contributed by atoms with E-state index in [0.717, 1.165) is 18.7 Å². The third kappa shape index (κ3) is 4.91. The minimum Gasteiger partial charge on any atom is -0.742 e. The van der Waals surface area contributed by atoms with E-state index in [1.807, 2.05) is 12.1 Å². The van der Waals surface area contributed by atoms with Gasteiger partial charge in [-0.1, -0.05) is 0 Å². The predicted molar refractivity (Wildman–Crippen MR) is 130 cm³/mol. The second kappa shape index (κ2) is 10.1. The first-order chi connectivity index (χ1) is 16.0. The van der Waals surface area contributed by atoms with Gasteiger partial charge in [-0.05, 0) is 78.9 Å². The lowest BCUT2D eigenvalue weighted by Crippen LogP contribution is -3.07. The van der Waals surface area contributed by atoms with E-state index in [9.17, 15) is 9.59 Å². The number of nitrogens with zero attached hydrogens (tertiary/aromatic N) is 2. The Morgan fingerprint density at radius 3 is 2.30 bits per heavy atom. The van der Waals surface area contributed by atoms with Crippen LogP contribution in [0, 0.1) is 0 Å². The molecule has 0 atom stereocenters. The number of carbonyl (C=O) groups is 2. The van der Waals surface area contributed by atoms with E-state index in [4.69, 9.17) is 22.1 Å². The molecule has 0 aliphatic carbocycles. The summed E-state index contributed by atoms with van der Waals surface area (Å²) in [6.45, 7) is 2.26. The fraction of sp³-hybridized carbons (Fsp3) is 0.320. The molecule has 2 heterocycles. The molecule has 0 bridgehead atoms. The maximum atomic E-state index is 13.4. The second-order valence-electron chi connectivity index (χ2n) is 8.08. The Balaban J connectivity index is 1.65. The van der Waals surface area contributed by atoms with Crippen molar-refractivity contribution in [3.8, 4) is 11.5 Å². The van der Waals surface area contributed by atoms with Crippen LogP contribution in [0.15, 0.2) is 53.0 Å². The van der Waals surface area contributed by atoms with Gasteiger partial charge in [-0.15, -0.1) is 0 Å². The summed E-state index contributed by atoms with van der Waals surface area (Å²) in [6.07, 6.45) is 6.61. The molecule has 2 amide bonds. The summed E-state index contributed by atoms with van der Waals surface area (Å²) in [5.41, 5.74) is 2.30. The summed E-state index contributed by atoms with van der Waals surface area (Å²) < 4.78 is 10.7. The van der Waals surface area contributed by atoms with Crippen molar-refractivity contribution in [1.29, 1.82) is 0 Å². The van der Waals surface area contributed by atoms with Crippen LogP contribution in [0.5, 0.6) is 11.5 Å². The second-order valence-corrected chi connectivity index (χ2v) is 8.44. The number of benzene rings is 2. The first-order valence-electron chi connectivity index (χ1n) is 11.0. The quantitative estimate of drug-likeness (QED) is 0.418. The van der Waals surface area contributed by atoms with Crippen LogP contribution in [0.25, 0.3) is 6.08 Å². The molecule has 0 spiro atoms. The van der Waals surface area contributed by atoms with Crippen LogP contribution in [0.1, 0.15) is 31.2 Å². The van der Waals surface area contributed by atoms with Gasteiger partial charge in [-0.25, -0.2) is 4.99 Å². The SMILES string of the molecule is COc1ccc(OC)c(N2C(=O)C(=Cc3ccc([NH+]4CCCCCC4)cc3)C(=O)N=C2[S-])c1. The smallest absolute Gasteiger partial charge is 0.282 e. The lowest BCUT2D eigenvalue weighted by atomic mass is 10.1. The molecule has 0 saturated carbocycles. The van der Waals surface area contributed by atoms with E-state index in [-0.39, 0.29) is 10.7 Å². The molecule has 2 aliphatic heterocycles. The molecule has 172 valence electrons. The number of nitrogens with one attached hydrogen (secondary N) is 1. The number of hydrogen-bond donors (Lipinski definition) is 1. The van der Waals surface area contributed by atoms with Crippen molar-refractivity contribution in [2.75, 3.05) is 32.2 Å². The summed E-state index contributed by atoms with van der Waals surface area (Å²) in [6, 6.07) is 13.0. The Morgan fingerprint density at radius 1 is 0.970 bits per heavy atom. The Kier molecular flexibility index (Phi) is 7.05. The molecule has 0 radical (unpaired) electrons. The number of quaternary nitrogens is 1. The molecule has 2 aromatic rings. The number of ether oxygens (including phenoxy) is 2. The number of amides is 2. The molecule has 2 aliphatic rings. The Labute approximate surface area is 199 Å². The van der Waals surface area contributed by atoms with Crippen molar-refractivity contribution in [2.24, 2.45) is 4.99 Å². The van der Waals surface area contributed by atoms with Gasteiger partial charge in [0.25, 0.3) is 11.8 Å². The lowest BCUT2D eigenvalue weighted by molar-refractivity contribution is -0.831. The molecular weight excluding hydrogens is 438 g/mol. The maximum Gasteiger partial charge on any atom is 0.282 e. The van der Waals surface area contributed by atoms with Gasteiger partial charge in [0, 0.05) is 6.07 Å². The van der Waals surface area contributed by atoms with Crippen LogP contribution in [-0.4, -0.2) is 44.3 Å². The van der Waals surface area contributed by atoms with Crippen LogP contribution in [-0.2, 0) is 22.2 Å². The predicted octanol–water partition coefficient (Wildman–Crippen LogP) is 2.65.